The van der Waals surface area contributed by atoms with Gasteiger partial charge in [0.05, 0.1) is 0 Å². The lowest BCUT2D eigenvalue weighted by Crippen LogP contribution is -2.13. The van der Waals surface area contributed by atoms with E-state index >= 15 is 0 Å². The maximum Gasteiger partial charge on any atom is 0.188 e. The van der Waals surface area contributed by atoms with Crippen molar-refractivity contribution in [3.05, 3.63) is 48.3 Å². The second kappa shape index (κ2) is 6.40. The van der Waals surface area contributed by atoms with Gasteiger partial charge in [0.25, 0.3) is 0 Å². The van der Waals surface area contributed by atoms with Gasteiger partial charge in [0.1, 0.15) is 0 Å². The molecule has 0 aliphatic carbocycles. The lowest BCUT2D eigenvalue weighted by molar-refractivity contribution is 0.913. The zero-order chi connectivity index (χ0) is 12.8. The number of aromatic nitrogens is 2. The first-order valence-electron chi connectivity index (χ1n) is 5.99. The topological polar surface area (TPSA) is 37.8 Å². The molecule has 0 amide bonds. The van der Waals surface area contributed by atoms with Crippen LogP contribution in [0.1, 0.15) is 12.6 Å². The number of rotatable bonds is 5. The Kier molecular flexibility index (Phi) is 4.59. The van der Waals surface area contributed by atoms with Crippen LogP contribution < -0.4 is 5.32 Å². The van der Waals surface area contributed by atoms with Crippen molar-refractivity contribution in [2.45, 2.75) is 24.3 Å². The number of para-hydroxylation sites is 1. The molecule has 1 aromatic heterocycles. The van der Waals surface area contributed by atoms with Crippen LogP contribution in [0.2, 0.25) is 0 Å². The van der Waals surface area contributed by atoms with Crippen molar-refractivity contribution in [1.82, 2.24) is 9.97 Å². The van der Waals surface area contributed by atoms with E-state index in [-0.39, 0.29) is 0 Å². The Balaban J connectivity index is 1.84. The Hall–Kier alpha value is -1.55. The number of thioether (sulfide) groups is 1. The molecule has 0 bridgehead atoms. The first kappa shape index (κ1) is 12.9. The Morgan fingerprint density at radius 1 is 1.22 bits per heavy atom. The summed E-state index contributed by atoms with van der Waals surface area (Å²) in [5.41, 5.74) is 2.16. The van der Waals surface area contributed by atoms with Crippen molar-refractivity contribution in [3.8, 4) is 0 Å². The van der Waals surface area contributed by atoms with E-state index in [1.807, 2.05) is 37.4 Å². The van der Waals surface area contributed by atoms with E-state index in [4.69, 9.17) is 0 Å². The molecule has 94 valence electrons. The summed E-state index contributed by atoms with van der Waals surface area (Å²) in [6.07, 6.45) is 1.81. The van der Waals surface area contributed by atoms with E-state index in [0.717, 1.165) is 23.1 Å². The fraction of sp³-hybridized carbons (Fsp3) is 0.286. The SMILES string of the molecule is Cc1ccnc(SC(C)CNc2ccccc2)n1. The predicted molar refractivity (Wildman–Crippen MR) is 77.0 cm³/mol. The molecule has 1 atom stereocenters. The summed E-state index contributed by atoms with van der Waals surface area (Å²) < 4.78 is 0. The van der Waals surface area contributed by atoms with Crippen molar-refractivity contribution in [2.24, 2.45) is 0 Å². The number of hydrogen-bond donors (Lipinski definition) is 1. The Morgan fingerprint density at radius 3 is 2.72 bits per heavy atom. The van der Waals surface area contributed by atoms with Gasteiger partial charge in [-0.1, -0.05) is 36.9 Å². The molecule has 4 heteroatoms. The summed E-state index contributed by atoms with van der Waals surface area (Å²) in [6, 6.07) is 12.1. The second-order valence-corrected chi connectivity index (χ2v) is 5.56. The molecule has 18 heavy (non-hydrogen) atoms. The van der Waals surface area contributed by atoms with Crippen molar-refractivity contribution in [1.29, 1.82) is 0 Å². The molecule has 0 aliphatic heterocycles. The van der Waals surface area contributed by atoms with Gasteiger partial charge in [-0.25, -0.2) is 9.97 Å². The van der Waals surface area contributed by atoms with E-state index < -0.39 is 0 Å². The predicted octanol–water partition coefficient (Wildman–Crippen LogP) is 3.38. The van der Waals surface area contributed by atoms with Gasteiger partial charge in [-0.3, -0.25) is 0 Å². The molecule has 0 saturated heterocycles. The first-order chi connectivity index (χ1) is 8.74. The summed E-state index contributed by atoms with van der Waals surface area (Å²) in [7, 11) is 0. The van der Waals surface area contributed by atoms with Gasteiger partial charge in [0.2, 0.25) is 0 Å². The second-order valence-electron chi connectivity index (χ2n) is 4.16. The summed E-state index contributed by atoms with van der Waals surface area (Å²) in [4.78, 5) is 8.65. The third-order valence-corrected chi connectivity index (χ3v) is 3.42. The summed E-state index contributed by atoms with van der Waals surface area (Å²) in [6.45, 7) is 5.05. The number of anilines is 1. The van der Waals surface area contributed by atoms with E-state index in [2.05, 4.69) is 34.3 Å². The normalized spacial score (nSPS) is 12.1. The minimum absolute atomic E-state index is 0.423. The largest absolute Gasteiger partial charge is 0.384 e. The van der Waals surface area contributed by atoms with Gasteiger partial charge in [-0.05, 0) is 25.1 Å². The number of nitrogens with one attached hydrogen (secondary N) is 1. The van der Waals surface area contributed by atoms with E-state index in [0.29, 0.717) is 5.25 Å². The van der Waals surface area contributed by atoms with Gasteiger partial charge in [-0.2, -0.15) is 0 Å². The number of nitrogens with zero attached hydrogens (tertiary/aromatic N) is 2. The van der Waals surface area contributed by atoms with Gasteiger partial charge in [0, 0.05) is 29.4 Å². The van der Waals surface area contributed by atoms with Crippen LogP contribution in [0.25, 0.3) is 0 Å². The highest BCUT2D eigenvalue weighted by Crippen LogP contribution is 2.19. The highest BCUT2D eigenvalue weighted by molar-refractivity contribution is 7.99. The number of aryl methyl sites for hydroxylation is 1. The molecule has 1 heterocycles. The molecule has 2 aromatic rings. The van der Waals surface area contributed by atoms with Crippen molar-refractivity contribution >= 4 is 17.4 Å². The standard InChI is InChI=1S/C14H17N3S/c1-11-8-9-15-14(17-11)18-12(2)10-16-13-6-4-3-5-7-13/h3-9,12,16H,10H2,1-2H3. The highest BCUT2D eigenvalue weighted by atomic mass is 32.2. The molecular formula is C14H17N3S. The zero-order valence-corrected chi connectivity index (χ0v) is 11.4. The smallest absolute Gasteiger partial charge is 0.188 e. The van der Waals surface area contributed by atoms with E-state index in [9.17, 15) is 0 Å². The minimum atomic E-state index is 0.423. The summed E-state index contributed by atoms with van der Waals surface area (Å²) in [5.74, 6) is 0. The molecular weight excluding hydrogens is 242 g/mol. The number of benzene rings is 1. The third kappa shape index (κ3) is 4.04. The average Bonchev–Trinajstić information content (AvgIpc) is 2.38. The van der Waals surface area contributed by atoms with Crippen LogP contribution in [-0.4, -0.2) is 21.8 Å². The minimum Gasteiger partial charge on any atom is -0.384 e. The summed E-state index contributed by atoms with van der Waals surface area (Å²) in [5, 5.41) is 4.67. The number of hydrogen-bond acceptors (Lipinski definition) is 4. The van der Waals surface area contributed by atoms with Crippen LogP contribution in [0, 0.1) is 6.92 Å². The molecule has 0 aliphatic rings. The lowest BCUT2D eigenvalue weighted by Gasteiger charge is -2.12. The molecule has 3 nitrogen and oxygen atoms in total. The van der Waals surface area contributed by atoms with E-state index in [1.54, 1.807) is 11.8 Å². The molecule has 0 spiro atoms. The third-order valence-electron chi connectivity index (χ3n) is 2.45. The van der Waals surface area contributed by atoms with Crippen LogP contribution in [0.5, 0.6) is 0 Å². The van der Waals surface area contributed by atoms with Gasteiger partial charge < -0.3 is 5.32 Å². The van der Waals surface area contributed by atoms with E-state index in [1.165, 1.54) is 0 Å². The van der Waals surface area contributed by atoms with Gasteiger partial charge >= 0.3 is 0 Å². The van der Waals surface area contributed by atoms with Crippen molar-refractivity contribution in [2.75, 3.05) is 11.9 Å². The quantitative estimate of drug-likeness (QED) is 0.660. The monoisotopic (exact) mass is 259 g/mol. The maximum atomic E-state index is 4.39. The molecule has 0 saturated carbocycles. The molecule has 1 aromatic carbocycles. The highest BCUT2D eigenvalue weighted by Gasteiger charge is 2.06. The fourth-order valence-corrected chi connectivity index (χ4v) is 2.37. The average molecular weight is 259 g/mol. The molecule has 1 N–H and O–H groups in total. The molecule has 0 radical (unpaired) electrons. The summed E-state index contributed by atoms with van der Waals surface area (Å²) >= 11 is 1.69. The van der Waals surface area contributed by atoms with Crippen molar-refractivity contribution < 1.29 is 0 Å². The Labute approximate surface area is 112 Å². The Bertz CT molecular complexity index is 487. The van der Waals surface area contributed by atoms with Crippen LogP contribution in [0.15, 0.2) is 47.8 Å². The van der Waals surface area contributed by atoms with Gasteiger partial charge in [-0.15, -0.1) is 0 Å². The molecule has 2 rings (SSSR count). The van der Waals surface area contributed by atoms with Crippen molar-refractivity contribution in [3.63, 3.8) is 0 Å². The zero-order valence-electron chi connectivity index (χ0n) is 10.6. The van der Waals surface area contributed by atoms with Crippen LogP contribution in [-0.2, 0) is 0 Å². The van der Waals surface area contributed by atoms with Crippen LogP contribution in [0.4, 0.5) is 5.69 Å². The van der Waals surface area contributed by atoms with Crippen LogP contribution in [0.3, 0.4) is 0 Å². The maximum absolute atomic E-state index is 4.39. The first-order valence-corrected chi connectivity index (χ1v) is 6.87. The fourth-order valence-electron chi connectivity index (χ4n) is 1.52. The van der Waals surface area contributed by atoms with Crippen LogP contribution >= 0.6 is 11.8 Å². The molecule has 1 unspecified atom stereocenters. The molecule has 0 fully saturated rings. The van der Waals surface area contributed by atoms with Gasteiger partial charge in [0.15, 0.2) is 5.16 Å². The lowest BCUT2D eigenvalue weighted by atomic mass is 10.3. The Morgan fingerprint density at radius 2 is 2.00 bits per heavy atom.